The van der Waals surface area contributed by atoms with Crippen molar-refractivity contribution in [3.8, 4) is 0 Å². The van der Waals surface area contributed by atoms with E-state index in [0.717, 1.165) is 37.8 Å². The van der Waals surface area contributed by atoms with Gasteiger partial charge in [0, 0.05) is 6.54 Å². The third-order valence-electron chi connectivity index (χ3n) is 4.28. The summed E-state index contributed by atoms with van der Waals surface area (Å²) in [6, 6.07) is 9.14. The summed E-state index contributed by atoms with van der Waals surface area (Å²) < 4.78 is 5.15. The number of nitrogens with one attached hydrogen (secondary N) is 1. The Labute approximate surface area is 156 Å². The van der Waals surface area contributed by atoms with Crippen LogP contribution in [0.5, 0.6) is 0 Å². The Morgan fingerprint density at radius 3 is 2.38 bits per heavy atom. The summed E-state index contributed by atoms with van der Waals surface area (Å²) in [5, 5.41) is 12.0. The highest BCUT2D eigenvalue weighted by atomic mass is 16.5. The van der Waals surface area contributed by atoms with Crippen LogP contribution in [0.1, 0.15) is 45.1 Å². The number of aliphatic carboxylic acids is 1. The quantitative estimate of drug-likeness (QED) is 0.555. The standard InChI is InChI=1S/C20H32N2O4/c1-16(2)18(19(23)24)22(3)14-10-5-4-9-13-21-20(25)26-15-17-11-7-6-8-12-17/h6-8,11-12,16,18H,4-5,9-10,13-15H2,1-3H3,(H,21,25)(H,23,24)/t18-/m0/s1. The molecule has 0 saturated carbocycles. The van der Waals surface area contributed by atoms with E-state index in [1.54, 1.807) is 0 Å². The van der Waals surface area contributed by atoms with Gasteiger partial charge in [-0.15, -0.1) is 0 Å². The molecule has 1 aromatic carbocycles. The lowest BCUT2D eigenvalue weighted by molar-refractivity contribution is -0.144. The van der Waals surface area contributed by atoms with Crippen molar-refractivity contribution in [2.24, 2.45) is 5.92 Å². The van der Waals surface area contributed by atoms with Crippen molar-refractivity contribution in [2.45, 2.75) is 52.2 Å². The smallest absolute Gasteiger partial charge is 0.407 e. The summed E-state index contributed by atoms with van der Waals surface area (Å²) in [7, 11) is 1.86. The Balaban J connectivity index is 2.05. The number of carbonyl (C=O) groups is 2. The fourth-order valence-electron chi connectivity index (χ4n) is 2.93. The van der Waals surface area contributed by atoms with Gasteiger partial charge in [-0.3, -0.25) is 9.69 Å². The highest BCUT2D eigenvalue weighted by Crippen LogP contribution is 2.11. The van der Waals surface area contributed by atoms with Crippen LogP contribution in [0.25, 0.3) is 0 Å². The number of carbonyl (C=O) groups excluding carboxylic acids is 1. The van der Waals surface area contributed by atoms with Crippen LogP contribution in [0, 0.1) is 5.92 Å². The second-order valence-corrected chi connectivity index (χ2v) is 6.91. The second kappa shape index (κ2) is 12.3. The number of benzene rings is 1. The van der Waals surface area contributed by atoms with Gasteiger partial charge < -0.3 is 15.2 Å². The number of amides is 1. The summed E-state index contributed by atoms with van der Waals surface area (Å²) in [6.07, 6.45) is 3.44. The van der Waals surface area contributed by atoms with Crippen LogP contribution in [0.15, 0.2) is 30.3 Å². The van der Waals surface area contributed by atoms with Crippen LogP contribution in [-0.4, -0.2) is 48.2 Å². The average Bonchev–Trinajstić information content (AvgIpc) is 2.59. The number of likely N-dealkylation sites (N-methyl/N-ethyl adjacent to an activating group) is 1. The first-order valence-electron chi connectivity index (χ1n) is 9.29. The Morgan fingerprint density at radius 1 is 1.12 bits per heavy atom. The Kier molecular flexibility index (Phi) is 10.4. The van der Waals surface area contributed by atoms with Crippen LogP contribution < -0.4 is 5.32 Å². The summed E-state index contributed by atoms with van der Waals surface area (Å²) in [5.41, 5.74) is 0.966. The van der Waals surface area contributed by atoms with Gasteiger partial charge in [0.25, 0.3) is 0 Å². The highest BCUT2D eigenvalue weighted by molar-refractivity contribution is 5.73. The van der Waals surface area contributed by atoms with Gasteiger partial charge in [0.2, 0.25) is 0 Å². The van der Waals surface area contributed by atoms with E-state index in [9.17, 15) is 14.7 Å². The van der Waals surface area contributed by atoms with Gasteiger partial charge in [-0.1, -0.05) is 57.0 Å². The largest absolute Gasteiger partial charge is 0.480 e. The minimum atomic E-state index is -0.763. The zero-order valence-corrected chi connectivity index (χ0v) is 16.1. The minimum Gasteiger partial charge on any atom is -0.480 e. The molecule has 146 valence electrons. The fraction of sp³-hybridized carbons (Fsp3) is 0.600. The lowest BCUT2D eigenvalue weighted by atomic mass is 10.0. The zero-order chi connectivity index (χ0) is 19.4. The number of rotatable bonds is 12. The number of alkyl carbamates (subject to hydrolysis) is 1. The summed E-state index contributed by atoms with van der Waals surface area (Å²) in [6.45, 7) is 5.49. The van der Waals surface area contributed by atoms with E-state index in [-0.39, 0.29) is 12.5 Å². The monoisotopic (exact) mass is 364 g/mol. The second-order valence-electron chi connectivity index (χ2n) is 6.91. The van der Waals surface area contributed by atoms with E-state index >= 15 is 0 Å². The molecule has 0 saturated heterocycles. The van der Waals surface area contributed by atoms with Crippen molar-refractivity contribution in [1.29, 1.82) is 0 Å². The van der Waals surface area contributed by atoms with Crippen LogP contribution in [0.4, 0.5) is 4.79 Å². The summed E-state index contributed by atoms with van der Waals surface area (Å²) >= 11 is 0. The van der Waals surface area contributed by atoms with Gasteiger partial charge in [0.05, 0.1) is 0 Å². The summed E-state index contributed by atoms with van der Waals surface area (Å²) in [5.74, 6) is -0.677. The molecule has 0 spiro atoms. The molecule has 0 aliphatic rings. The third kappa shape index (κ3) is 8.85. The number of carboxylic acid groups (broad SMARTS) is 1. The molecule has 1 rings (SSSR count). The normalized spacial score (nSPS) is 12.2. The summed E-state index contributed by atoms with van der Waals surface area (Å²) in [4.78, 5) is 24.8. The SMILES string of the molecule is CC(C)[C@@H](C(=O)O)N(C)CCCCCCNC(=O)OCc1ccccc1. The van der Waals surface area contributed by atoms with Gasteiger partial charge >= 0.3 is 12.1 Å². The van der Waals surface area contributed by atoms with Crippen LogP contribution in [0.3, 0.4) is 0 Å². The average molecular weight is 364 g/mol. The Hall–Kier alpha value is -2.08. The molecule has 0 radical (unpaired) electrons. The Bertz CT molecular complexity index is 534. The van der Waals surface area contributed by atoms with E-state index in [2.05, 4.69) is 5.32 Å². The van der Waals surface area contributed by atoms with Crippen molar-refractivity contribution < 1.29 is 19.4 Å². The molecule has 1 aromatic rings. The lowest BCUT2D eigenvalue weighted by Crippen LogP contribution is -2.42. The first kappa shape index (κ1) is 22.0. The van der Waals surface area contributed by atoms with E-state index in [1.165, 1.54) is 0 Å². The van der Waals surface area contributed by atoms with E-state index in [1.807, 2.05) is 56.1 Å². The molecule has 0 aromatic heterocycles. The molecule has 0 bridgehead atoms. The van der Waals surface area contributed by atoms with E-state index in [0.29, 0.717) is 6.54 Å². The van der Waals surface area contributed by atoms with Crippen LogP contribution in [0.2, 0.25) is 0 Å². The molecule has 6 nitrogen and oxygen atoms in total. The predicted molar refractivity (Wildman–Crippen MR) is 102 cm³/mol. The van der Waals surface area contributed by atoms with Crippen molar-refractivity contribution in [1.82, 2.24) is 10.2 Å². The number of nitrogens with zero attached hydrogens (tertiary/aromatic N) is 1. The molecule has 0 aliphatic carbocycles. The van der Waals surface area contributed by atoms with Crippen LogP contribution >= 0.6 is 0 Å². The molecule has 1 atom stereocenters. The van der Waals surface area contributed by atoms with Gasteiger partial charge in [-0.2, -0.15) is 0 Å². The maximum Gasteiger partial charge on any atom is 0.407 e. The molecule has 0 heterocycles. The topological polar surface area (TPSA) is 78.9 Å². The molecule has 26 heavy (non-hydrogen) atoms. The number of ether oxygens (including phenoxy) is 1. The van der Waals surface area contributed by atoms with Gasteiger partial charge in [0.15, 0.2) is 0 Å². The molecule has 2 N–H and O–H groups in total. The van der Waals surface area contributed by atoms with Gasteiger partial charge in [-0.25, -0.2) is 4.79 Å². The van der Waals surface area contributed by atoms with E-state index in [4.69, 9.17) is 4.74 Å². The minimum absolute atomic E-state index is 0.0867. The van der Waals surface area contributed by atoms with Crippen LogP contribution in [-0.2, 0) is 16.1 Å². The molecule has 0 fully saturated rings. The van der Waals surface area contributed by atoms with Crippen molar-refractivity contribution in [3.63, 3.8) is 0 Å². The third-order valence-corrected chi connectivity index (χ3v) is 4.28. The first-order valence-corrected chi connectivity index (χ1v) is 9.29. The number of unbranched alkanes of at least 4 members (excludes halogenated alkanes) is 3. The maximum absolute atomic E-state index is 11.6. The Morgan fingerprint density at radius 2 is 1.77 bits per heavy atom. The van der Waals surface area contributed by atoms with Crippen molar-refractivity contribution in [3.05, 3.63) is 35.9 Å². The van der Waals surface area contributed by atoms with Gasteiger partial charge in [0.1, 0.15) is 12.6 Å². The number of hydrogen-bond donors (Lipinski definition) is 2. The highest BCUT2D eigenvalue weighted by Gasteiger charge is 2.25. The molecule has 0 aliphatic heterocycles. The first-order chi connectivity index (χ1) is 12.4. The van der Waals surface area contributed by atoms with Crippen molar-refractivity contribution in [2.75, 3.05) is 20.1 Å². The zero-order valence-electron chi connectivity index (χ0n) is 16.1. The molecule has 0 unspecified atom stereocenters. The van der Waals surface area contributed by atoms with Gasteiger partial charge in [-0.05, 0) is 37.9 Å². The van der Waals surface area contributed by atoms with Crippen molar-refractivity contribution >= 4 is 12.1 Å². The number of carboxylic acids is 1. The molecule has 1 amide bonds. The number of hydrogen-bond acceptors (Lipinski definition) is 4. The maximum atomic E-state index is 11.6. The molecular formula is C20H32N2O4. The van der Waals surface area contributed by atoms with E-state index < -0.39 is 18.1 Å². The molecule has 6 heteroatoms. The fourth-order valence-corrected chi connectivity index (χ4v) is 2.93. The predicted octanol–water partition coefficient (Wildman–Crippen LogP) is 3.51. The lowest BCUT2D eigenvalue weighted by Gasteiger charge is -2.27. The molecular weight excluding hydrogens is 332 g/mol.